The molecule has 2 atom stereocenters. The van der Waals surface area contributed by atoms with E-state index in [1.807, 2.05) is 40.1 Å². The van der Waals surface area contributed by atoms with E-state index in [1.54, 1.807) is 7.11 Å². The first kappa shape index (κ1) is 16.0. The van der Waals surface area contributed by atoms with Crippen molar-refractivity contribution in [2.45, 2.75) is 44.3 Å². The van der Waals surface area contributed by atoms with Crippen LogP contribution < -0.4 is 0 Å². The maximum Gasteiger partial charge on any atom is 0.248 e. The zero-order valence-electron chi connectivity index (χ0n) is 13.8. The van der Waals surface area contributed by atoms with Gasteiger partial charge in [-0.2, -0.15) is 0 Å². The fourth-order valence-electron chi connectivity index (χ4n) is 4.01. The van der Waals surface area contributed by atoms with Crippen LogP contribution in [0.15, 0.2) is 30.3 Å². The van der Waals surface area contributed by atoms with Crippen LogP contribution >= 0.6 is 0 Å². The zero-order chi connectivity index (χ0) is 16.4. The maximum atomic E-state index is 12.5. The summed E-state index contributed by atoms with van der Waals surface area (Å²) in [6.07, 6.45) is 2.08. The number of carbonyl (C=O) groups excluding carboxylic acids is 2. The molecule has 0 aromatic heterocycles. The first-order valence-electron chi connectivity index (χ1n) is 8.19. The molecule has 5 nitrogen and oxygen atoms in total. The number of nitrogens with zero attached hydrogens (tertiary/aromatic N) is 2. The molecule has 3 rings (SSSR count). The molecule has 2 amide bonds. The quantitative estimate of drug-likeness (QED) is 0.851. The second kappa shape index (κ2) is 6.32. The van der Waals surface area contributed by atoms with Crippen molar-refractivity contribution in [1.29, 1.82) is 0 Å². The number of carbonyl (C=O) groups is 2. The summed E-state index contributed by atoms with van der Waals surface area (Å²) in [5, 5.41) is 0. The molecule has 0 radical (unpaired) electrons. The van der Waals surface area contributed by atoms with Crippen molar-refractivity contribution >= 4 is 11.8 Å². The molecule has 2 aliphatic heterocycles. The summed E-state index contributed by atoms with van der Waals surface area (Å²) in [6.45, 7) is 3.54. The van der Waals surface area contributed by atoms with Crippen molar-refractivity contribution in [2.24, 2.45) is 0 Å². The number of hydrogen-bond donors (Lipinski definition) is 0. The molecule has 0 aliphatic carbocycles. The molecule has 0 spiro atoms. The molecule has 1 aromatic rings. The highest BCUT2D eigenvalue weighted by Gasteiger charge is 2.53. The number of piperidine rings is 1. The van der Waals surface area contributed by atoms with E-state index < -0.39 is 0 Å². The minimum absolute atomic E-state index is 0.0234. The van der Waals surface area contributed by atoms with Gasteiger partial charge in [0.15, 0.2) is 0 Å². The molecule has 2 fully saturated rings. The maximum absolute atomic E-state index is 12.5. The molecule has 23 heavy (non-hydrogen) atoms. The molecule has 0 saturated carbocycles. The topological polar surface area (TPSA) is 49.9 Å². The second-order valence-corrected chi connectivity index (χ2v) is 6.65. The van der Waals surface area contributed by atoms with Crippen molar-refractivity contribution in [3.63, 3.8) is 0 Å². The number of likely N-dealkylation sites (tertiary alicyclic amines) is 2. The van der Waals surface area contributed by atoms with Gasteiger partial charge in [0.2, 0.25) is 11.8 Å². The Morgan fingerprint density at radius 2 is 2.09 bits per heavy atom. The normalized spacial score (nSPS) is 27.2. The Labute approximate surface area is 137 Å². The Kier molecular flexibility index (Phi) is 4.39. The van der Waals surface area contributed by atoms with Gasteiger partial charge in [-0.25, -0.2) is 0 Å². The van der Waals surface area contributed by atoms with E-state index in [9.17, 15) is 9.59 Å². The Hall–Kier alpha value is -1.88. The van der Waals surface area contributed by atoms with E-state index in [-0.39, 0.29) is 30.0 Å². The Morgan fingerprint density at radius 3 is 2.78 bits per heavy atom. The average Bonchev–Trinajstić information content (AvgIpc) is 2.89. The molecule has 2 saturated heterocycles. The van der Waals surface area contributed by atoms with E-state index in [2.05, 4.69) is 6.92 Å². The summed E-state index contributed by atoms with van der Waals surface area (Å²) in [4.78, 5) is 28.7. The molecule has 2 heterocycles. The number of fused-ring (bicyclic) bond motifs is 1. The van der Waals surface area contributed by atoms with Gasteiger partial charge in [0.25, 0.3) is 0 Å². The first-order valence-corrected chi connectivity index (χ1v) is 8.19. The zero-order valence-corrected chi connectivity index (χ0v) is 13.8. The van der Waals surface area contributed by atoms with Gasteiger partial charge in [0, 0.05) is 26.6 Å². The van der Waals surface area contributed by atoms with Gasteiger partial charge in [-0.3, -0.25) is 9.59 Å². The van der Waals surface area contributed by atoms with Crippen LogP contribution in [-0.4, -0.2) is 53.5 Å². The number of hydrogen-bond acceptors (Lipinski definition) is 3. The monoisotopic (exact) mass is 316 g/mol. The highest BCUT2D eigenvalue weighted by molar-refractivity contribution is 5.81. The Bertz CT molecular complexity index is 589. The van der Waals surface area contributed by atoms with Crippen LogP contribution in [0.4, 0.5) is 0 Å². The SMILES string of the molecule is COCC(=O)N1CC[C@@]2(C)[C@@H]1CCC(=O)N2Cc1ccccc1. The molecule has 5 heteroatoms. The van der Waals surface area contributed by atoms with Gasteiger partial charge in [-0.05, 0) is 25.3 Å². The van der Waals surface area contributed by atoms with Crippen molar-refractivity contribution in [2.75, 3.05) is 20.3 Å². The van der Waals surface area contributed by atoms with Crippen molar-refractivity contribution < 1.29 is 14.3 Å². The third-order valence-corrected chi connectivity index (χ3v) is 5.27. The third-order valence-electron chi connectivity index (χ3n) is 5.27. The summed E-state index contributed by atoms with van der Waals surface area (Å²) in [5.41, 5.74) is 0.846. The molecule has 0 unspecified atom stereocenters. The fourth-order valence-corrected chi connectivity index (χ4v) is 4.01. The lowest BCUT2D eigenvalue weighted by Crippen LogP contribution is -2.60. The summed E-state index contributed by atoms with van der Waals surface area (Å²) in [7, 11) is 1.54. The van der Waals surface area contributed by atoms with Crippen LogP contribution in [0.1, 0.15) is 31.7 Å². The molecular formula is C18H24N2O3. The van der Waals surface area contributed by atoms with E-state index in [4.69, 9.17) is 4.74 Å². The first-order chi connectivity index (χ1) is 11.1. The van der Waals surface area contributed by atoms with Gasteiger partial charge < -0.3 is 14.5 Å². The van der Waals surface area contributed by atoms with Crippen LogP contribution in [0, 0.1) is 0 Å². The average molecular weight is 316 g/mol. The number of amides is 2. The van der Waals surface area contributed by atoms with Crippen LogP contribution in [0.25, 0.3) is 0 Å². The Balaban J connectivity index is 1.83. The molecule has 0 bridgehead atoms. The van der Waals surface area contributed by atoms with E-state index in [0.717, 1.165) is 18.4 Å². The van der Waals surface area contributed by atoms with Crippen LogP contribution in [0.3, 0.4) is 0 Å². The smallest absolute Gasteiger partial charge is 0.248 e. The molecule has 0 N–H and O–H groups in total. The van der Waals surface area contributed by atoms with Gasteiger partial charge in [0.1, 0.15) is 6.61 Å². The van der Waals surface area contributed by atoms with Gasteiger partial charge >= 0.3 is 0 Å². The van der Waals surface area contributed by atoms with Crippen molar-refractivity contribution in [3.05, 3.63) is 35.9 Å². The van der Waals surface area contributed by atoms with Gasteiger partial charge in [0.05, 0.1) is 11.6 Å². The summed E-state index contributed by atoms with van der Waals surface area (Å²) >= 11 is 0. The summed E-state index contributed by atoms with van der Waals surface area (Å²) in [6, 6.07) is 10.1. The lowest BCUT2D eigenvalue weighted by Gasteiger charge is -2.47. The van der Waals surface area contributed by atoms with Crippen molar-refractivity contribution in [3.8, 4) is 0 Å². The predicted octanol–water partition coefficient (Wildman–Crippen LogP) is 1.81. The van der Waals surface area contributed by atoms with E-state index in [0.29, 0.717) is 19.5 Å². The largest absolute Gasteiger partial charge is 0.375 e. The highest BCUT2D eigenvalue weighted by atomic mass is 16.5. The standard InChI is InChI=1S/C18H24N2O3/c1-18-10-11-19(17(22)13-23-2)15(18)8-9-16(21)20(18)12-14-6-4-3-5-7-14/h3-7,15H,8-13H2,1-2H3/t15-,18-/m0/s1. The van der Waals surface area contributed by atoms with Crippen LogP contribution in [0.5, 0.6) is 0 Å². The minimum Gasteiger partial charge on any atom is -0.375 e. The lowest BCUT2D eigenvalue weighted by atomic mass is 9.83. The summed E-state index contributed by atoms with van der Waals surface area (Å²) in [5.74, 6) is 0.212. The number of rotatable bonds is 4. The van der Waals surface area contributed by atoms with E-state index >= 15 is 0 Å². The van der Waals surface area contributed by atoms with Crippen molar-refractivity contribution in [1.82, 2.24) is 9.80 Å². The molecule has 1 aromatic carbocycles. The second-order valence-electron chi connectivity index (χ2n) is 6.65. The van der Waals surface area contributed by atoms with Crippen LogP contribution in [-0.2, 0) is 20.9 Å². The number of ether oxygens (including phenoxy) is 1. The third kappa shape index (κ3) is 2.85. The highest BCUT2D eigenvalue weighted by Crippen LogP contribution is 2.41. The van der Waals surface area contributed by atoms with E-state index in [1.165, 1.54) is 0 Å². The molecular weight excluding hydrogens is 292 g/mol. The number of methoxy groups -OCH3 is 1. The minimum atomic E-state index is -0.283. The predicted molar refractivity (Wildman–Crippen MR) is 86.6 cm³/mol. The summed E-state index contributed by atoms with van der Waals surface area (Å²) < 4.78 is 5.00. The Morgan fingerprint density at radius 1 is 1.35 bits per heavy atom. The van der Waals surface area contributed by atoms with Gasteiger partial charge in [-0.1, -0.05) is 30.3 Å². The number of benzene rings is 1. The molecule has 2 aliphatic rings. The lowest BCUT2D eigenvalue weighted by molar-refractivity contribution is -0.149. The molecule has 124 valence electrons. The van der Waals surface area contributed by atoms with Gasteiger partial charge in [-0.15, -0.1) is 0 Å². The van der Waals surface area contributed by atoms with Crippen LogP contribution in [0.2, 0.25) is 0 Å². The fraction of sp³-hybridized carbons (Fsp3) is 0.556.